The Morgan fingerprint density at radius 2 is 2.18 bits per heavy atom. The molecular weight excluding hydrogens is 222 g/mol. The molecule has 88 valence electrons. The zero-order valence-electron chi connectivity index (χ0n) is 9.45. The average Bonchev–Trinajstić information content (AvgIpc) is 2.36. The molecule has 0 fully saturated rings. The lowest BCUT2D eigenvalue weighted by molar-refractivity contribution is -0.113. The Labute approximate surface area is 98.1 Å². The fourth-order valence-corrected chi connectivity index (χ4v) is 1.28. The first kappa shape index (κ1) is 12.6. The van der Waals surface area contributed by atoms with Gasteiger partial charge in [0.1, 0.15) is 0 Å². The Balaban J connectivity index is 3.06. The van der Waals surface area contributed by atoms with Crippen LogP contribution in [0.5, 0.6) is 11.5 Å². The lowest BCUT2D eigenvalue weighted by Crippen LogP contribution is -1.93. The van der Waals surface area contributed by atoms with Crippen LogP contribution in [0.4, 0.5) is 0 Å². The lowest BCUT2D eigenvalue weighted by atomic mass is 10.1. The highest BCUT2D eigenvalue weighted by molar-refractivity contribution is 5.92. The highest BCUT2D eigenvalue weighted by atomic mass is 16.5. The minimum atomic E-state index is -0.669. The first-order chi connectivity index (χ1) is 8.22. The van der Waals surface area contributed by atoms with E-state index in [9.17, 15) is 4.79 Å². The van der Waals surface area contributed by atoms with Crippen molar-refractivity contribution in [2.45, 2.75) is 0 Å². The summed E-state index contributed by atoms with van der Waals surface area (Å²) in [6, 6.07) is 5.26. The average molecular weight is 233 g/mol. The van der Waals surface area contributed by atoms with Gasteiger partial charge in [0.05, 0.1) is 14.2 Å². The summed E-state index contributed by atoms with van der Waals surface area (Å²) >= 11 is 0. The standard InChI is InChI=1S/C11H11N3O3/c1-16-9-5-3-4-8(11(9)17-2)6-7-10(15)13-14-12/h3-7H,1-2H3/b7-6+. The molecule has 1 rings (SSSR count). The van der Waals surface area contributed by atoms with Crippen LogP contribution < -0.4 is 9.47 Å². The molecule has 0 aliphatic carbocycles. The zero-order chi connectivity index (χ0) is 12.7. The quantitative estimate of drug-likeness (QED) is 0.346. The number of methoxy groups -OCH3 is 2. The van der Waals surface area contributed by atoms with Gasteiger partial charge in [-0.15, -0.1) is 0 Å². The molecule has 0 bridgehead atoms. The van der Waals surface area contributed by atoms with Crippen molar-refractivity contribution < 1.29 is 14.3 Å². The van der Waals surface area contributed by atoms with Gasteiger partial charge in [-0.25, -0.2) is 0 Å². The predicted molar refractivity (Wildman–Crippen MR) is 62.7 cm³/mol. The number of rotatable bonds is 4. The Hall–Kier alpha value is -2.46. The van der Waals surface area contributed by atoms with Gasteiger partial charge in [-0.2, -0.15) is 0 Å². The van der Waals surface area contributed by atoms with Crippen LogP contribution in [0.2, 0.25) is 0 Å². The maximum atomic E-state index is 11.0. The topological polar surface area (TPSA) is 84.3 Å². The summed E-state index contributed by atoms with van der Waals surface area (Å²) < 4.78 is 10.3. The molecule has 0 radical (unpaired) electrons. The van der Waals surface area contributed by atoms with Crippen LogP contribution in [0.15, 0.2) is 29.4 Å². The van der Waals surface area contributed by atoms with Gasteiger partial charge in [0.2, 0.25) is 5.91 Å². The van der Waals surface area contributed by atoms with Gasteiger partial charge in [0, 0.05) is 10.5 Å². The van der Waals surface area contributed by atoms with Crippen LogP contribution in [0.3, 0.4) is 0 Å². The van der Waals surface area contributed by atoms with Crippen molar-refractivity contribution in [2.24, 2.45) is 5.11 Å². The van der Waals surface area contributed by atoms with E-state index in [2.05, 4.69) is 10.0 Å². The smallest absolute Gasteiger partial charge is 0.242 e. The molecule has 0 heterocycles. The minimum Gasteiger partial charge on any atom is -0.493 e. The third-order valence-electron chi connectivity index (χ3n) is 1.98. The molecule has 6 heteroatoms. The summed E-state index contributed by atoms with van der Waals surface area (Å²) in [5, 5.41) is 2.92. The van der Waals surface area contributed by atoms with E-state index >= 15 is 0 Å². The molecule has 1 amide bonds. The molecule has 0 atom stereocenters. The highest BCUT2D eigenvalue weighted by Crippen LogP contribution is 2.31. The normalized spacial score (nSPS) is 9.76. The molecule has 0 aliphatic heterocycles. The minimum absolute atomic E-state index is 0.514. The molecule has 0 unspecified atom stereocenters. The molecule has 1 aromatic carbocycles. The van der Waals surface area contributed by atoms with E-state index in [4.69, 9.17) is 15.0 Å². The Morgan fingerprint density at radius 1 is 1.41 bits per heavy atom. The number of hydrogen-bond acceptors (Lipinski definition) is 3. The Bertz CT molecular complexity index is 491. The molecule has 17 heavy (non-hydrogen) atoms. The number of para-hydroxylation sites is 1. The number of nitrogens with zero attached hydrogens (tertiary/aromatic N) is 3. The summed E-state index contributed by atoms with van der Waals surface area (Å²) in [5.74, 6) is 0.406. The zero-order valence-corrected chi connectivity index (χ0v) is 9.45. The van der Waals surface area contributed by atoms with E-state index < -0.39 is 5.91 Å². The number of carbonyl (C=O) groups excluding carboxylic acids is 1. The number of azide groups is 1. The van der Waals surface area contributed by atoms with Gasteiger partial charge in [-0.3, -0.25) is 4.79 Å². The summed E-state index contributed by atoms with van der Waals surface area (Å²) in [5.41, 5.74) is 8.74. The number of amides is 1. The fourth-order valence-electron chi connectivity index (χ4n) is 1.28. The largest absolute Gasteiger partial charge is 0.493 e. The van der Waals surface area contributed by atoms with Crippen molar-refractivity contribution in [3.8, 4) is 11.5 Å². The third-order valence-corrected chi connectivity index (χ3v) is 1.98. The second kappa shape index (κ2) is 6.19. The molecule has 0 saturated heterocycles. The summed E-state index contributed by atoms with van der Waals surface area (Å²) in [4.78, 5) is 13.4. The second-order valence-corrected chi connectivity index (χ2v) is 2.94. The predicted octanol–water partition coefficient (Wildman–Crippen LogP) is 2.55. The van der Waals surface area contributed by atoms with E-state index in [0.29, 0.717) is 17.1 Å². The van der Waals surface area contributed by atoms with E-state index in [1.807, 2.05) is 0 Å². The molecule has 0 aliphatic rings. The van der Waals surface area contributed by atoms with Gasteiger partial charge < -0.3 is 9.47 Å². The van der Waals surface area contributed by atoms with E-state index in [-0.39, 0.29) is 0 Å². The molecule has 0 aromatic heterocycles. The SMILES string of the molecule is COc1cccc(/C=C/C(=O)N=[N+]=[N-])c1OC. The molecule has 0 saturated carbocycles. The lowest BCUT2D eigenvalue weighted by Gasteiger charge is -2.09. The summed E-state index contributed by atoms with van der Waals surface area (Å²) in [6.45, 7) is 0. The van der Waals surface area contributed by atoms with Crippen molar-refractivity contribution >= 4 is 12.0 Å². The van der Waals surface area contributed by atoms with Gasteiger partial charge in [0.25, 0.3) is 0 Å². The Kier molecular flexibility index (Phi) is 4.59. The molecule has 0 spiro atoms. The first-order valence-corrected chi connectivity index (χ1v) is 4.71. The molecule has 6 nitrogen and oxygen atoms in total. The van der Waals surface area contributed by atoms with E-state index in [1.165, 1.54) is 20.3 Å². The van der Waals surface area contributed by atoms with Gasteiger partial charge in [-0.05, 0) is 28.9 Å². The number of benzene rings is 1. The van der Waals surface area contributed by atoms with Crippen LogP contribution >= 0.6 is 0 Å². The second-order valence-electron chi connectivity index (χ2n) is 2.94. The van der Waals surface area contributed by atoms with E-state index in [0.717, 1.165) is 6.08 Å². The van der Waals surface area contributed by atoms with Gasteiger partial charge >= 0.3 is 0 Å². The van der Waals surface area contributed by atoms with Crippen molar-refractivity contribution in [1.82, 2.24) is 0 Å². The maximum absolute atomic E-state index is 11.0. The number of carbonyl (C=O) groups is 1. The van der Waals surface area contributed by atoms with Crippen molar-refractivity contribution in [3.63, 3.8) is 0 Å². The van der Waals surface area contributed by atoms with Crippen LogP contribution in [0.25, 0.3) is 16.5 Å². The molecule has 0 N–H and O–H groups in total. The van der Waals surface area contributed by atoms with Crippen LogP contribution in [-0.4, -0.2) is 20.1 Å². The third kappa shape index (κ3) is 3.25. The summed E-state index contributed by atoms with van der Waals surface area (Å²) in [7, 11) is 3.03. The number of ether oxygens (including phenoxy) is 2. The maximum Gasteiger partial charge on any atom is 0.242 e. The van der Waals surface area contributed by atoms with Crippen molar-refractivity contribution in [1.29, 1.82) is 0 Å². The van der Waals surface area contributed by atoms with E-state index in [1.54, 1.807) is 18.2 Å². The van der Waals surface area contributed by atoms with Crippen molar-refractivity contribution in [2.75, 3.05) is 14.2 Å². The van der Waals surface area contributed by atoms with Crippen LogP contribution in [0, 0.1) is 0 Å². The highest BCUT2D eigenvalue weighted by Gasteiger charge is 2.06. The van der Waals surface area contributed by atoms with Crippen molar-refractivity contribution in [3.05, 3.63) is 40.3 Å². The van der Waals surface area contributed by atoms with Crippen LogP contribution in [0.1, 0.15) is 5.56 Å². The fraction of sp³-hybridized carbons (Fsp3) is 0.182. The number of hydrogen-bond donors (Lipinski definition) is 0. The Morgan fingerprint density at radius 3 is 2.76 bits per heavy atom. The van der Waals surface area contributed by atoms with Crippen LogP contribution in [-0.2, 0) is 4.79 Å². The monoisotopic (exact) mass is 233 g/mol. The van der Waals surface area contributed by atoms with Gasteiger partial charge in [0.15, 0.2) is 11.5 Å². The molecular formula is C11H11N3O3. The summed E-state index contributed by atoms with van der Waals surface area (Å²) in [6.07, 6.45) is 2.66. The first-order valence-electron chi connectivity index (χ1n) is 4.71. The molecule has 1 aromatic rings. The van der Waals surface area contributed by atoms with Gasteiger partial charge in [-0.1, -0.05) is 12.1 Å².